The van der Waals surface area contributed by atoms with Crippen LogP contribution in [0, 0.1) is 11.3 Å². The summed E-state index contributed by atoms with van der Waals surface area (Å²) in [4.78, 5) is 11.1. The molecular formula is C12H11F3N2O2. The van der Waals surface area contributed by atoms with Crippen LogP contribution in [0.1, 0.15) is 5.56 Å². The Labute approximate surface area is 107 Å². The van der Waals surface area contributed by atoms with Gasteiger partial charge in [0.05, 0.1) is 12.5 Å². The van der Waals surface area contributed by atoms with Gasteiger partial charge >= 0.3 is 6.18 Å². The molecule has 1 aromatic carbocycles. The summed E-state index contributed by atoms with van der Waals surface area (Å²) < 4.78 is 40.4. The summed E-state index contributed by atoms with van der Waals surface area (Å²) in [5, 5.41) is 10.2. The van der Waals surface area contributed by atoms with Crippen molar-refractivity contribution >= 4 is 5.91 Å². The summed E-state index contributed by atoms with van der Waals surface area (Å²) in [5.41, 5.74) is 0.788. The maximum absolute atomic E-state index is 11.8. The Bertz CT molecular complexity index is 463. The molecule has 1 N–H and O–H groups in total. The molecule has 1 aromatic rings. The van der Waals surface area contributed by atoms with E-state index in [0.717, 1.165) is 5.56 Å². The van der Waals surface area contributed by atoms with E-state index in [1.807, 2.05) is 6.07 Å². The van der Waals surface area contributed by atoms with E-state index >= 15 is 0 Å². The highest BCUT2D eigenvalue weighted by atomic mass is 19.4. The van der Waals surface area contributed by atoms with Crippen molar-refractivity contribution in [3.8, 4) is 11.8 Å². The number of carbonyl (C=O) groups excluding carboxylic acids is 1. The van der Waals surface area contributed by atoms with Crippen molar-refractivity contribution in [1.82, 2.24) is 5.32 Å². The summed E-state index contributed by atoms with van der Waals surface area (Å²) in [6.45, 7) is -1.87. The van der Waals surface area contributed by atoms with Crippen LogP contribution in [0.5, 0.6) is 5.75 Å². The van der Waals surface area contributed by atoms with E-state index in [2.05, 4.69) is 0 Å². The Kier molecular flexibility index (Phi) is 5.18. The fourth-order valence-corrected chi connectivity index (χ4v) is 1.19. The molecule has 0 unspecified atom stereocenters. The summed E-state index contributed by atoms with van der Waals surface area (Å²) in [6.07, 6.45) is -4.18. The molecule has 0 spiro atoms. The molecule has 0 radical (unpaired) electrons. The second-order valence-electron chi connectivity index (χ2n) is 3.66. The topological polar surface area (TPSA) is 62.1 Å². The fourth-order valence-electron chi connectivity index (χ4n) is 1.19. The van der Waals surface area contributed by atoms with E-state index in [-0.39, 0.29) is 6.42 Å². The van der Waals surface area contributed by atoms with Crippen molar-refractivity contribution in [2.45, 2.75) is 12.6 Å². The van der Waals surface area contributed by atoms with Crippen molar-refractivity contribution < 1.29 is 22.7 Å². The minimum atomic E-state index is -4.44. The Hall–Kier alpha value is -2.23. The van der Waals surface area contributed by atoms with Crippen LogP contribution in [0.2, 0.25) is 0 Å². The summed E-state index contributed by atoms with van der Waals surface area (Å²) in [7, 11) is 0. The molecule has 1 amide bonds. The lowest BCUT2D eigenvalue weighted by Gasteiger charge is -2.09. The normalized spacial score (nSPS) is 10.6. The first kappa shape index (κ1) is 14.8. The molecular weight excluding hydrogens is 261 g/mol. The number of amides is 1. The van der Waals surface area contributed by atoms with Gasteiger partial charge < -0.3 is 10.1 Å². The molecule has 0 atom stereocenters. The maximum Gasteiger partial charge on any atom is 0.405 e. The van der Waals surface area contributed by atoms with Gasteiger partial charge in [0.15, 0.2) is 6.61 Å². The molecule has 0 aliphatic rings. The van der Waals surface area contributed by atoms with Crippen LogP contribution in [-0.4, -0.2) is 25.2 Å². The number of alkyl halides is 3. The van der Waals surface area contributed by atoms with Gasteiger partial charge in [-0.2, -0.15) is 18.4 Å². The van der Waals surface area contributed by atoms with Crippen LogP contribution in [0.3, 0.4) is 0 Å². The number of ether oxygens (including phenoxy) is 1. The predicted molar refractivity (Wildman–Crippen MR) is 60.3 cm³/mol. The molecule has 0 heterocycles. The van der Waals surface area contributed by atoms with Crippen LogP contribution in [0.25, 0.3) is 0 Å². The molecule has 1 rings (SSSR count). The third-order valence-corrected chi connectivity index (χ3v) is 2.06. The van der Waals surface area contributed by atoms with Crippen LogP contribution in [0.15, 0.2) is 24.3 Å². The predicted octanol–water partition coefficient (Wildman–Crippen LogP) is 1.81. The van der Waals surface area contributed by atoms with Crippen LogP contribution in [-0.2, 0) is 11.2 Å². The van der Waals surface area contributed by atoms with Crippen LogP contribution >= 0.6 is 0 Å². The monoisotopic (exact) mass is 272 g/mol. The minimum Gasteiger partial charge on any atom is -0.484 e. The average molecular weight is 272 g/mol. The van der Waals surface area contributed by atoms with Gasteiger partial charge in [-0.05, 0) is 17.7 Å². The van der Waals surface area contributed by atoms with Gasteiger partial charge in [-0.15, -0.1) is 0 Å². The number of hydrogen-bond donors (Lipinski definition) is 1. The first-order chi connectivity index (χ1) is 8.90. The molecule has 0 bridgehead atoms. The lowest BCUT2D eigenvalue weighted by Crippen LogP contribution is -2.36. The molecule has 4 nitrogen and oxygen atoms in total. The second-order valence-corrected chi connectivity index (χ2v) is 3.66. The van der Waals surface area contributed by atoms with Crippen LogP contribution in [0.4, 0.5) is 13.2 Å². The van der Waals surface area contributed by atoms with Gasteiger partial charge in [0.1, 0.15) is 12.3 Å². The molecule has 0 aliphatic carbocycles. The maximum atomic E-state index is 11.8. The minimum absolute atomic E-state index is 0.256. The van der Waals surface area contributed by atoms with Gasteiger partial charge in [-0.1, -0.05) is 12.1 Å². The smallest absolute Gasteiger partial charge is 0.405 e. The Morgan fingerprint density at radius 2 is 1.95 bits per heavy atom. The van der Waals surface area contributed by atoms with Gasteiger partial charge in [0.2, 0.25) is 0 Å². The molecule has 7 heteroatoms. The van der Waals surface area contributed by atoms with E-state index in [1.54, 1.807) is 29.6 Å². The van der Waals surface area contributed by atoms with Gasteiger partial charge in [0.25, 0.3) is 5.91 Å². The zero-order valence-electron chi connectivity index (χ0n) is 9.83. The van der Waals surface area contributed by atoms with Gasteiger partial charge in [-0.3, -0.25) is 4.79 Å². The van der Waals surface area contributed by atoms with Gasteiger partial charge in [-0.25, -0.2) is 0 Å². The SMILES string of the molecule is N#CCc1ccc(OCC(=O)NCC(F)(F)F)cc1. The first-order valence-electron chi connectivity index (χ1n) is 5.33. The van der Waals surface area contributed by atoms with E-state index in [4.69, 9.17) is 10.00 Å². The zero-order chi connectivity index (χ0) is 14.3. The molecule has 0 aromatic heterocycles. The van der Waals surface area contributed by atoms with Crippen molar-refractivity contribution in [3.05, 3.63) is 29.8 Å². The lowest BCUT2D eigenvalue weighted by atomic mass is 10.2. The Balaban J connectivity index is 2.36. The number of nitriles is 1. The average Bonchev–Trinajstić information content (AvgIpc) is 2.35. The standard InChI is InChI=1S/C12H11F3N2O2/c13-12(14,15)8-17-11(18)7-19-10-3-1-9(2-4-10)5-6-16/h1-4H,5,7-8H2,(H,17,18). The zero-order valence-corrected chi connectivity index (χ0v) is 9.83. The highest BCUT2D eigenvalue weighted by molar-refractivity contribution is 5.77. The lowest BCUT2D eigenvalue weighted by molar-refractivity contribution is -0.139. The molecule has 102 valence electrons. The number of nitrogens with one attached hydrogen (secondary N) is 1. The summed E-state index contributed by atoms with van der Waals surface area (Å²) in [6, 6.07) is 8.35. The Morgan fingerprint density at radius 3 is 2.47 bits per heavy atom. The molecule has 0 aliphatic heterocycles. The molecule has 0 fully saturated rings. The number of rotatable bonds is 5. The Morgan fingerprint density at radius 1 is 1.32 bits per heavy atom. The number of nitrogens with zero attached hydrogens (tertiary/aromatic N) is 1. The van der Waals surface area contributed by atoms with Crippen molar-refractivity contribution in [2.24, 2.45) is 0 Å². The van der Waals surface area contributed by atoms with Crippen LogP contribution < -0.4 is 10.1 Å². The number of carbonyl (C=O) groups is 1. The number of benzene rings is 1. The van der Waals surface area contributed by atoms with E-state index in [9.17, 15) is 18.0 Å². The quantitative estimate of drug-likeness (QED) is 0.889. The third kappa shape index (κ3) is 6.31. The number of halogens is 3. The van der Waals surface area contributed by atoms with E-state index in [1.165, 1.54) is 0 Å². The fraction of sp³-hybridized carbons (Fsp3) is 0.333. The van der Waals surface area contributed by atoms with E-state index < -0.39 is 25.2 Å². The highest BCUT2D eigenvalue weighted by Gasteiger charge is 2.27. The summed E-state index contributed by atoms with van der Waals surface area (Å²) >= 11 is 0. The second kappa shape index (κ2) is 6.64. The molecule has 19 heavy (non-hydrogen) atoms. The van der Waals surface area contributed by atoms with Crippen molar-refractivity contribution in [3.63, 3.8) is 0 Å². The highest BCUT2D eigenvalue weighted by Crippen LogP contribution is 2.13. The third-order valence-electron chi connectivity index (χ3n) is 2.06. The molecule has 0 saturated carbocycles. The first-order valence-corrected chi connectivity index (χ1v) is 5.33. The van der Waals surface area contributed by atoms with Gasteiger partial charge in [0, 0.05) is 0 Å². The number of hydrogen-bond acceptors (Lipinski definition) is 3. The largest absolute Gasteiger partial charge is 0.484 e. The van der Waals surface area contributed by atoms with Crippen molar-refractivity contribution in [2.75, 3.05) is 13.2 Å². The molecule has 0 saturated heterocycles. The van der Waals surface area contributed by atoms with E-state index in [0.29, 0.717) is 5.75 Å². The van der Waals surface area contributed by atoms with Crippen molar-refractivity contribution in [1.29, 1.82) is 5.26 Å². The summed E-state index contributed by atoms with van der Waals surface area (Å²) in [5.74, 6) is -0.498.